The van der Waals surface area contributed by atoms with E-state index in [1.54, 1.807) is 6.92 Å². The molecule has 5 N–H and O–H groups in total. The minimum Gasteiger partial charge on any atom is -0.481 e. The van der Waals surface area contributed by atoms with Gasteiger partial charge in [0, 0.05) is 51.9 Å². The molecular weight excluding hydrogens is 364 g/mol. The third kappa shape index (κ3) is 7.27. The van der Waals surface area contributed by atoms with Crippen molar-refractivity contribution >= 4 is 24.1 Å². The van der Waals surface area contributed by atoms with Crippen molar-refractivity contribution in [2.45, 2.75) is 25.4 Å². The van der Waals surface area contributed by atoms with Crippen LogP contribution in [0.4, 0.5) is 9.59 Å². The molecule has 1 heterocycles. The topological polar surface area (TPSA) is 171 Å². The molecule has 1 fully saturated rings. The fourth-order valence-corrected chi connectivity index (χ4v) is 2.98. The number of amides is 2. The normalized spacial score (nSPS) is 21.6. The highest BCUT2D eigenvalue weighted by molar-refractivity contribution is 5.80. The Kier molecular flexibility index (Phi) is 8.75. The van der Waals surface area contributed by atoms with Crippen molar-refractivity contribution in [2.24, 2.45) is 0 Å². The second-order valence-electron chi connectivity index (χ2n) is 6.29. The fraction of sp³-hybridized carbons (Fsp3) is 0.733. The van der Waals surface area contributed by atoms with Gasteiger partial charge in [-0.3, -0.25) is 14.5 Å². The lowest BCUT2D eigenvalue weighted by atomic mass is 10.1. The molecule has 0 spiro atoms. The maximum Gasteiger partial charge on any atom is 0.407 e. The molecule has 12 nitrogen and oxygen atoms in total. The molecule has 1 rings (SSSR count). The quantitative estimate of drug-likeness (QED) is 0.408. The van der Waals surface area contributed by atoms with E-state index >= 15 is 0 Å². The predicted octanol–water partition coefficient (Wildman–Crippen LogP) is -0.832. The van der Waals surface area contributed by atoms with Gasteiger partial charge >= 0.3 is 24.1 Å². The average Bonchev–Trinajstić information content (AvgIpc) is 2.55. The van der Waals surface area contributed by atoms with Crippen LogP contribution in [0.15, 0.2) is 0 Å². The van der Waals surface area contributed by atoms with Gasteiger partial charge in [-0.25, -0.2) is 9.59 Å². The number of hydrogen-bond acceptors (Lipinski definition) is 6. The van der Waals surface area contributed by atoms with Gasteiger partial charge in [0.2, 0.25) is 0 Å². The molecule has 0 aromatic rings. The molecule has 2 amide bonds. The van der Waals surface area contributed by atoms with Gasteiger partial charge < -0.3 is 35.5 Å². The zero-order valence-corrected chi connectivity index (χ0v) is 15.1. The summed E-state index contributed by atoms with van der Waals surface area (Å²) in [6, 6.07) is -2.03. The Hall–Kier alpha value is -2.60. The van der Waals surface area contributed by atoms with Crippen molar-refractivity contribution in [3.8, 4) is 0 Å². The highest BCUT2D eigenvalue weighted by atomic mass is 16.4. The third-order valence-corrected chi connectivity index (χ3v) is 4.39. The minimum atomic E-state index is -1.40. The number of rotatable bonds is 4. The Labute approximate surface area is 155 Å². The van der Waals surface area contributed by atoms with Crippen molar-refractivity contribution in [3.63, 3.8) is 0 Å². The summed E-state index contributed by atoms with van der Waals surface area (Å²) in [6.07, 6.45) is -3.02. The number of nitrogens with one attached hydrogen (secondary N) is 1. The molecule has 0 aliphatic carbocycles. The van der Waals surface area contributed by atoms with Gasteiger partial charge in [0.25, 0.3) is 0 Å². The zero-order chi connectivity index (χ0) is 20.6. The van der Waals surface area contributed by atoms with Crippen molar-refractivity contribution in [2.75, 3.05) is 45.8 Å². The van der Waals surface area contributed by atoms with Crippen molar-refractivity contribution in [3.05, 3.63) is 0 Å². The smallest absolute Gasteiger partial charge is 0.407 e. The van der Waals surface area contributed by atoms with Crippen molar-refractivity contribution < 1.29 is 39.6 Å². The third-order valence-electron chi connectivity index (χ3n) is 4.39. The van der Waals surface area contributed by atoms with E-state index in [1.807, 2.05) is 0 Å². The van der Waals surface area contributed by atoms with Crippen LogP contribution in [-0.4, -0.2) is 117 Å². The molecule has 2 unspecified atom stereocenters. The van der Waals surface area contributed by atoms with Gasteiger partial charge in [-0.15, -0.1) is 0 Å². The van der Waals surface area contributed by atoms with Crippen LogP contribution in [0.1, 0.15) is 13.3 Å². The van der Waals surface area contributed by atoms with E-state index in [-0.39, 0.29) is 32.7 Å². The van der Waals surface area contributed by atoms with Gasteiger partial charge in [0.1, 0.15) is 6.04 Å². The first kappa shape index (κ1) is 22.4. The van der Waals surface area contributed by atoms with E-state index in [2.05, 4.69) is 5.32 Å². The Morgan fingerprint density at radius 1 is 0.926 bits per heavy atom. The lowest BCUT2D eigenvalue weighted by Gasteiger charge is -2.37. The maximum absolute atomic E-state index is 11.6. The standard InChI is InChI=1S/C15H26N4O8/c1-10-9-18(15(26)27)5-3-16-2-4-17(14(24)25)6-7-19(10)11(13(22)23)8-12(20)21/h10-11,16H,2-9H2,1H3,(H,20,21)(H,22,23)(H,24,25)(H,26,27). The number of aliphatic carboxylic acids is 2. The summed E-state index contributed by atoms with van der Waals surface area (Å²) in [6.45, 7) is 2.39. The van der Waals surface area contributed by atoms with Crippen LogP contribution in [0.2, 0.25) is 0 Å². The second-order valence-corrected chi connectivity index (χ2v) is 6.29. The maximum atomic E-state index is 11.6. The molecule has 154 valence electrons. The van der Waals surface area contributed by atoms with Crippen LogP contribution in [0.3, 0.4) is 0 Å². The number of hydrogen-bond donors (Lipinski definition) is 5. The molecule has 0 aromatic carbocycles. The van der Waals surface area contributed by atoms with Gasteiger partial charge in [0.05, 0.1) is 6.42 Å². The summed E-state index contributed by atoms with van der Waals surface area (Å²) in [5, 5.41) is 40.1. The van der Waals surface area contributed by atoms with E-state index in [0.29, 0.717) is 13.1 Å². The Balaban J connectivity index is 3.11. The lowest BCUT2D eigenvalue weighted by molar-refractivity contribution is -0.151. The summed E-state index contributed by atoms with van der Waals surface area (Å²) in [5.41, 5.74) is 0. The van der Waals surface area contributed by atoms with E-state index in [9.17, 15) is 34.5 Å². The van der Waals surface area contributed by atoms with Crippen molar-refractivity contribution in [1.82, 2.24) is 20.0 Å². The molecule has 2 atom stereocenters. The Morgan fingerprint density at radius 3 is 1.96 bits per heavy atom. The minimum absolute atomic E-state index is 0.0299. The summed E-state index contributed by atoms with van der Waals surface area (Å²) < 4.78 is 0. The summed E-state index contributed by atoms with van der Waals surface area (Å²) in [4.78, 5) is 49.1. The molecule has 1 aliphatic heterocycles. The number of carbonyl (C=O) groups is 4. The molecule has 0 radical (unpaired) electrons. The van der Waals surface area contributed by atoms with Gasteiger partial charge in [0.15, 0.2) is 0 Å². The number of carboxylic acids is 2. The second kappa shape index (κ2) is 10.5. The van der Waals surface area contributed by atoms with E-state index in [4.69, 9.17) is 5.11 Å². The van der Waals surface area contributed by atoms with E-state index < -0.39 is 42.6 Å². The first-order valence-corrected chi connectivity index (χ1v) is 8.50. The molecule has 1 saturated heterocycles. The van der Waals surface area contributed by atoms with Crippen LogP contribution in [0.5, 0.6) is 0 Å². The largest absolute Gasteiger partial charge is 0.481 e. The number of nitrogens with zero attached hydrogens (tertiary/aromatic N) is 3. The average molecular weight is 390 g/mol. The highest BCUT2D eigenvalue weighted by Gasteiger charge is 2.33. The Bertz CT molecular complexity index is 558. The molecule has 0 aromatic heterocycles. The van der Waals surface area contributed by atoms with Gasteiger partial charge in [-0.1, -0.05) is 0 Å². The summed E-state index contributed by atoms with van der Waals surface area (Å²) in [7, 11) is 0. The predicted molar refractivity (Wildman–Crippen MR) is 91.9 cm³/mol. The molecule has 1 aliphatic rings. The molecular formula is C15H26N4O8. The van der Waals surface area contributed by atoms with Crippen LogP contribution in [-0.2, 0) is 9.59 Å². The summed E-state index contributed by atoms with van der Waals surface area (Å²) in [5.74, 6) is -2.67. The molecule has 12 heteroatoms. The van der Waals surface area contributed by atoms with Crippen LogP contribution in [0.25, 0.3) is 0 Å². The molecule has 0 bridgehead atoms. The monoisotopic (exact) mass is 390 g/mol. The fourth-order valence-electron chi connectivity index (χ4n) is 2.98. The van der Waals surface area contributed by atoms with Crippen molar-refractivity contribution in [1.29, 1.82) is 0 Å². The summed E-state index contributed by atoms with van der Waals surface area (Å²) >= 11 is 0. The van der Waals surface area contributed by atoms with Crippen LogP contribution < -0.4 is 5.32 Å². The zero-order valence-electron chi connectivity index (χ0n) is 15.1. The van der Waals surface area contributed by atoms with E-state index in [0.717, 1.165) is 9.80 Å². The molecule has 0 saturated carbocycles. The SMILES string of the molecule is CC1CN(C(=O)O)CCNCCN(C(=O)O)CCN1C(CC(=O)O)C(=O)O. The number of carboxylic acid groups (broad SMARTS) is 4. The van der Waals surface area contributed by atoms with Gasteiger partial charge in [-0.05, 0) is 6.92 Å². The lowest BCUT2D eigenvalue weighted by Crippen LogP contribution is -2.55. The molecule has 27 heavy (non-hydrogen) atoms. The van der Waals surface area contributed by atoms with Crippen LogP contribution in [0, 0.1) is 0 Å². The van der Waals surface area contributed by atoms with Gasteiger partial charge in [-0.2, -0.15) is 0 Å². The highest BCUT2D eigenvalue weighted by Crippen LogP contribution is 2.13. The Morgan fingerprint density at radius 2 is 1.48 bits per heavy atom. The van der Waals surface area contributed by atoms with Crippen LogP contribution >= 0.6 is 0 Å². The van der Waals surface area contributed by atoms with E-state index in [1.165, 1.54) is 4.90 Å². The first-order valence-electron chi connectivity index (χ1n) is 8.50. The first-order chi connectivity index (χ1) is 12.6.